The molecule has 0 saturated carbocycles. The average molecular weight is 765 g/mol. The van der Waals surface area contributed by atoms with E-state index in [1.807, 2.05) is 0 Å². The van der Waals surface area contributed by atoms with E-state index in [-0.39, 0.29) is 0 Å². The molecular formula is C58H40N2. The van der Waals surface area contributed by atoms with Crippen LogP contribution >= 0.6 is 0 Å². The molecule has 0 spiro atoms. The Hall–Kier alpha value is -7.94. The summed E-state index contributed by atoms with van der Waals surface area (Å²) < 4.78 is 2.44. The van der Waals surface area contributed by atoms with Gasteiger partial charge in [-0.1, -0.05) is 200 Å². The van der Waals surface area contributed by atoms with E-state index in [0.29, 0.717) is 0 Å². The number of nitrogens with zero attached hydrogens (tertiary/aromatic N) is 2. The van der Waals surface area contributed by atoms with Gasteiger partial charge in [0, 0.05) is 33.1 Å². The molecule has 0 radical (unpaired) electrons. The van der Waals surface area contributed by atoms with Crippen LogP contribution < -0.4 is 4.90 Å². The van der Waals surface area contributed by atoms with Crippen LogP contribution in [-0.2, 0) is 0 Å². The standard InChI is InChI=1S/C58H40N2/c1-3-17-41(18-4-1)42-33-35-45(36-34-42)52-28-11-13-30-55(52)59(56-32-16-22-44-21-7-8-27-51(44)56)48-37-38-54-53-29-12-14-31-57(53)60(58(54)40-48)47-24-15-23-46(39-47)50-26-10-9-25-49(50)43-19-5-2-6-20-43/h1-40H. The molecule has 2 nitrogen and oxygen atoms in total. The Labute approximate surface area is 350 Å². The number of aromatic nitrogens is 1. The van der Waals surface area contributed by atoms with Crippen molar-refractivity contribution in [3.8, 4) is 50.2 Å². The van der Waals surface area contributed by atoms with Crippen LogP contribution in [0, 0.1) is 0 Å². The molecule has 0 unspecified atom stereocenters. The van der Waals surface area contributed by atoms with E-state index < -0.39 is 0 Å². The van der Waals surface area contributed by atoms with Crippen LogP contribution in [-0.4, -0.2) is 4.57 Å². The molecular weight excluding hydrogens is 725 g/mol. The first kappa shape index (κ1) is 35.2. The predicted octanol–water partition coefficient (Wildman–Crippen LogP) is 16.1. The number of benzene rings is 10. The summed E-state index contributed by atoms with van der Waals surface area (Å²) in [5.74, 6) is 0. The quantitative estimate of drug-likeness (QED) is 0.150. The lowest BCUT2D eigenvalue weighted by Gasteiger charge is -2.29. The Balaban J connectivity index is 1.12. The normalized spacial score (nSPS) is 11.3. The molecule has 0 bridgehead atoms. The number of rotatable bonds is 8. The fraction of sp³-hybridized carbons (Fsp3) is 0. The third-order valence-corrected chi connectivity index (χ3v) is 11.8. The first-order valence-electron chi connectivity index (χ1n) is 20.6. The molecule has 0 fully saturated rings. The average Bonchev–Trinajstić information content (AvgIpc) is 3.66. The molecule has 1 heterocycles. The second kappa shape index (κ2) is 15.1. The highest BCUT2D eigenvalue weighted by molar-refractivity contribution is 6.11. The van der Waals surface area contributed by atoms with Gasteiger partial charge in [-0.05, 0) is 86.8 Å². The van der Waals surface area contributed by atoms with Crippen LogP contribution in [0.25, 0.3) is 82.8 Å². The highest BCUT2D eigenvalue weighted by atomic mass is 15.1. The maximum absolute atomic E-state index is 2.46. The zero-order chi connectivity index (χ0) is 39.8. The van der Waals surface area contributed by atoms with E-state index in [1.54, 1.807) is 0 Å². The number of para-hydroxylation sites is 2. The van der Waals surface area contributed by atoms with E-state index in [1.165, 1.54) is 66.0 Å². The summed E-state index contributed by atoms with van der Waals surface area (Å²) in [7, 11) is 0. The van der Waals surface area contributed by atoms with Crippen molar-refractivity contribution in [3.63, 3.8) is 0 Å². The Morgan fingerprint density at radius 2 is 0.800 bits per heavy atom. The van der Waals surface area contributed by atoms with Gasteiger partial charge in [-0.25, -0.2) is 0 Å². The molecule has 10 aromatic carbocycles. The van der Waals surface area contributed by atoms with Gasteiger partial charge in [-0.2, -0.15) is 0 Å². The number of fused-ring (bicyclic) bond motifs is 4. The lowest BCUT2D eigenvalue weighted by Crippen LogP contribution is -2.12. The topological polar surface area (TPSA) is 8.17 Å². The van der Waals surface area contributed by atoms with E-state index in [0.717, 1.165) is 33.8 Å². The van der Waals surface area contributed by atoms with Gasteiger partial charge in [0.2, 0.25) is 0 Å². The summed E-state index contributed by atoms with van der Waals surface area (Å²) >= 11 is 0. The van der Waals surface area contributed by atoms with Crippen molar-refractivity contribution in [1.29, 1.82) is 0 Å². The number of hydrogen-bond donors (Lipinski definition) is 0. The molecule has 0 N–H and O–H groups in total. The summed E-state index contributed by atoms with van der Waals surface area (Å²) in [6.07, 6.45) is 0. The third-order valence-electron chi connectivity index (χ3n) is 11.8. The minimum absolute atomic E-state index is 1.09. The highest BCUT2D eigenvalue weighted by Crippen LogP contribution is 2.45. The van der Waals surface area contributed by atoms with Gasteiger partial charge < -0.3 is 9.47 Å². The summed E-state index contributed by atoms with van der Waals surface area (Å²) in [5, 5.41) is 4.84. The van der Waals surface area contributed by atoms with Gasteiger partial charge >= 0.3 is 0 Å². The molecule has 0 aliphatic rings. The summed E-state index contributed by atoms with van der Waals surface area (Å²) in [5.41, 5.74) is 16.3. The molecule has 11 aromatic rings. The molecule has 0 aliphatic heterocycles. The predicted molar refractivity (Wildman–Crippen MR) is 255 cm³/mol. The van der Waals surface area contributed by atoms with Crippen LogP contribution in [0.2, 0.25) is 0 Å². The monoisotopic (exact) mass is 764 g/mol. The second-order valence-electron chi connectivity index (χ2n) is 15.3. The second-order valence-corrected chi connectivity index (χ2v) is 15.3. The van der Waals surface area contributed by atoms with E-state index in [4.69, 9.17) is 0 Å². The Kier molecular flexibility index (Phi) is 8.87. The van der Waals surface area contributed by atoms with Crippen molar-refractivity contribution >= 4 is 49.6 Å². The molecule has 2 heteroatoms. The number of anilines is 3. The zero-order valence-corrected chi connectivity index (χ0v) is 33.0. The highest BCUT2D eigenvalue weighted by Gasteiger charge is 2.22. The summed E-state index contributed by atoms with van der Waals surface area (Å²) in [6, 6.07) is 87.9. The largest absolute Gasteiger partial charge is 0.309 e. The Morgan fingerprint density at radius 1 is 0.283 bits per heavy atom. The third kappa shape index (κ3) is 6.23. The smallest absolute Gasteiger partial charge is 0.0561 e. The van der Waals surface area contributed by atoms with Crippen LogP contribution in [0.15, 0.2) is 243 Å². The molecule has 0 aliphatic carbocycles. The van der Waals surface area contributed by atoms with Crippen molar-refractivity contribution in [3.05, 3.63) is 243 Å². The minimum atomic E-state index is 1.09. The first-order chi connectivity index (χ1) is 29.8. The van der Waals surface area contributed by atoms with Crippen molar-refractivity contribution in [2.24, 2.45) is 0 Å². The molecule has 0 amide bonds. The molecule has 60 heavy (non-hydrogen) atoms. The first-order valence-corrected chi connectivity index (χ1v) is 20.6. The Morgan fingerprint density at radius 3 is 1.60 bits per heavy atom. The lowest BCUT2D eigenvalue weighted by atomic mass is 9.94. The SMILES string of the molecule is c1ccc(-c2ccc(-c3ccccc3N(c3ccc4c5ccccc5n(-c5cccc(-c6ccccc6-c6ccccc6)c5)c4c3)c3cccc4ccccc34)cc2)cc1. The van der Waals surface area contributed by atoms with Crippen LogP contribution in [0.1, 0.15) is 0 Å². The molecule has 1 aromatic heterocycles. The maximum Gasteiger partial charge on any atom is 0.0561 e. The summed E-state index contributed by atoms with van der Waals surface area (Å²) in [4.78, 5) is 2.46. The minimum Gasteiger partial charge on any atom is -0.309 e. The molecule has 11 rings (SSSR count). The van der Waals surface area contributed by atoms with Crippen LogP contribution in [0.4, 0.5) is 17.1 Å². The fourth-order valence-corrected chi connectivity index (χ4v) is 8.99. The summed E-state index contributed by atoms with van der Waals surface area (Å²) in [6.45, 7) is 0. The van der Waals surface area contributed by atoms with Crippen molar-refractivity contribution in [2.75, 3.05) is 4.90 Å². The van der Waals surface area contributed by atoms with E-state index in [9.17, 15) is 0 Å². The van der Waals surface area contributed by atoms with Gasteiger partial charge in [0.25, 0.3) is 0 Å². The van der Waals surface area contributed by atoms with Crippen molar-refractivity contribution < 1.29 is 0 Å². The van der Waals surface area contributed by atoms with Crippen LogP contribution in [0.3, 0.4) is 0 Å². The van der Waals surface area contributed by atoms with Gasteiger partial charge in [-0.15, -0.1) is 0 Å². The van der Waals surface area contributed by atoms with E-state index >= 15 is 0 Å². The molecule has 0 atom stereocenters. The van der Waals surface area contributed by atoms with E-state index in [2.05, 4.69) is 252 Å². The van der Waals surface area contributed by atoms with Crippen molar-refractivity contribution in [2.45, 2.75) is 0 Å². The molecule has 282 valence electrons. The number of hydrogen-bond acceptors (Lipinski definition) is 1. The maximum atomic E-state index is 2.46. The fourth-order valence-electron chi connectivity index (χ4n) is 8.99. The van der Waals surface area contributed by atoms with Gasteiger partial charge in [0.15, 0.2) is 0 Å². The van der Waals surface area contributed by atoms with Gasteiger partial charge in [0.1, 0.15) is 0 Å². The van der Waals surface area contributed by atoms with Gasteiger partial charge in [0.05, 0.1) is 22.4 Å². The Bertz CT molecular complexity index is 3300. The zero-order valence-electron chi connectivity index (χ0n) is 33.0. The van der Waals surface area contributed by atoms with Gasteiger partial charge in [-0.3, -0.25) is 0 Å². The molecule has 0 saturated heterocycles. The van der Waals surface area contributed by atoms with Crippen LogP contribution in [0.5, 0.6) is 0 Å². The lowest BCUT2D eigenvalue weighted by molar-refractivity contribution is 1.18. The van der Waals surface area contributed by atoms with Crippen molar-refractivity contribution in [1.82, 2.24) is 4.57 Å².